The van der Waals surface area contributed by atoms with Gasteiger partial charge >= 0.3 is 0 Å². The maximum Gasteiger partial charge on any atom is 0.267 e. The number of nitrogens with one attached hydrogen (secondary N) is 1. The molecular weight excluding hydrogens is 384 g/mol. The standard InChI is InChI=1S/C18H18N4O3S2/c1-21-17(24)13(27-18(21)26)9-12-15(19-10-11-5-4-8-25-11)20-14-6-2-3-7-22(14)16(12)23/h2-3,6-7,9,11,19H,4-5,8,10H2,1H3. The van der Waals surface area contributed by atoms with Crippen LogP contribution in [-0.4, -0.2) is 50.8 Å². The lowest BCUT2D eigenvalue weighted by atomic mass is 10.2. The number of likely N-dealkylation sites (N-methyl/N-ethyl adjacent to an activating group) is 1. The highest BCUT2D eigenvalue weighted by Gasteiger charge is 2.29. The molecule has 2 aromatic heterocycles. The van der Waals surface area contributed by atoms with Gasteiger partial charge in [-0.1, -0.05) is 30.0 Å². The molecule has 7 nitrogen and oxygen atoms in total. The summed E-state index contributed by atoms with van der Waals surface area (Å²) in [4.78, 5) is 31.8. The van der Waals surface area contributed by atoms with Crippen LogP contribution in [0.15, 0.2) is 34.1 Å². The highest BCUT2D eigenvalue weighted by molar-refractivity contribution is 8.26. The third kappa shape index (κ3) is 3.50. The number of pyridine rings is 1. The monoisotopic (exact) mass is 402 g/mol. The number of anilines is 1. The number of aromatic nitrogens is 2. The van der Waals surface area contributed by atoms with Gasteiger partial charge in [0.15, 0.2) is 0 Å². The van der Waals surface area contributed by atoms with E-state index in [2.05, 4.69) is 10.3 Å². The summed E-state index contributed by atoms with van der Waals surface area (Å²) >= 11 is 6.36. The van der Waals surface area contributed by atoms with E-state index in [1.807, 2.05) is 6.07 Å². The van der Waals surface area contributed by atoms with Crippen LogP contribution in [0.2, 0.25) is 0 Å². The van der Waals surface area contributed by atoms with Crippen LogP contribution in [-0.2, 0) is 9.53 Å². The maximum absolute atomic E-state index is 13.0. The summed E-state index contributed by atoms with van der Waals surface area (Å²) in [6.07, 6.45) is 5.35. The van der Waals surface area contributed by atoms with Gasteiger partial charge in [-0.05, 0) is 31.1 Å². The Morgan fingerprint density at radius 1 is 1.44 bits per heavy atom. The molecule has 2 saturated heterocycles. The largest absolute Gasteiger partial charge is 0.376 e. The first kappa shape index (κ1) is 18.1. The second kappa shape index (κ2) is 7.41. The Morgan fingerprint density at radius 2 is 2.30 bits per heavy atom. The summed E-state index contributed by atoms with van der Waals surface area (Å²) in [6.45, 7) is 1.32. The molecule has 0 aliphatic carbocycles. The Morgan fingerprint density at radius 3 is 3.00 bits per heavy atom. The Hall–Kier alpha value is -2.23. The van der Waals surface area contributed by atoms with Crippen molar-refractivity contribution < 1.29 is 9.53 Å². The van der Waals surface area contributed by atoms with Gasteiger partial charge in [0.25, 0.3) is 11.5 Å². The molecule has 0 spiro atoms. The fraction of sp³-hybridized carbons (Fsp3) is 0.333. The average Bonchev–Trinajstić information content (AvgIpc) is 3.27. The quantitative estimate of drug-likeness (QED) is 0.620. The molecule has 0 saturated carbocycles. The van der Waals surface area contributed by atoms with Gasteiger partial charge < -0.3 is 10.1 Å². The van der Waals surface area contributed by atoms with Gasteiger partial charge in [0.05, 0.1) is 16.6 Å². The smallest absolute Gasteiger partial charge is 0.267 e. The van der Waals surface area contributed by atoms with Crippen LogP contribution in [0, 0.1) is 0 Å². The van der Waals surface area contributed by atoms with E-state index >= 15 is 0 Å². The summed E-state index contributed by atoms with van der Waals surface area (Å²) in [5.41, 5.74) is 0.639. The number of hydrogen-bond donors (Lipinski definition) is 1. The molecule has 0 radical (unpaired) electrons. The molecule has 1 unspecified atom stereocenters. The van der Waals surface area contributed by atoms with Gasteiger partial charge in [-0.3, -0.25) is 18.9 Å². The SMILES string of the molecule is CN1C(=O)C(=Cc2c(NCC3CCCO3)nc3ccccn3c2=O)SC1=S. The molecule has 27 heavy (non-hydrogen) atoms. The van der Waals surface area contributed by atoms with Crippen molar-refractivity contribution in [3.63, 3.8) is 0 Å². The summed E-state index contributed by atoms with van der Waals surface area (Å²) in [7, 11) is 1.63. The van der Waals surface area contributed by atoms with Crippen LogP contribution in [0.1, 0.15) is 18.4 Å². The zero-order chi connectivity index (χ0) is 19.0. The van der Waals surface area contributed by atoms with Gasteiger partial charge in [0.2, 0.25) is 0 Å². The van der Waals surface area contributed by atoms with Crippen molar-refractivity contribution in [3.05, 3.63) is 45.2 Å². The van der Waals surface area contributed by atoms with E-state index < -0.39 is 0 Å². The first-order valence-corrected chi connectivity index (χ1v) is 9.85. The minimum absolute atomic E-state index is 0.0997. The number of fused-ring (bicyclic) bond motifs is 1. The number of ether oxygens (including phenoxy) is 1. The third-order valence-electron chi connectivity index (χ3n) is 4.55. The minimum Gasteiger partial charge on any atom is -0.376 e. The van der Waals surface area contributed by atoms with Gasteiger partial charge in [0, 0.05) is 26.4 Å². The molecule has 2 aromatic rings. The normalized spacial score (nSPS) is 21.6. The molecule has 1 amide bonds. The summed E-state index contributed by atoms with van der Waals surface area (Å²) in [6, 6.07) is 5.37. The number of hydrogen-bond acceptors (Lipinski definition) is 7. The van der Waals surface area contributed by atoms with Crippen LogP contribution < -0.4 is 10.9 Å². The third-order valence-corrected chi connectivity index (χ3v) is 6.04. The van der Waals surface area contributed by atoms with Crippen LogP contribution in [0.25, 0.3) is 11.7 Å². The highest BCUT2D eigenvalue weighted by Crippen LogP contribution is 2.31. The molecule has 1 atom stereocenters. The Labute approximate surface area is 165 Å². The first-order chi connectivity index (χ1) is 13.0. The van der Waals surface area contributed by atoms with Crippen molar-refractivity contribution in [1.29, 1.82) is 0 Å². The van der Waals surface area contributed by atoms with Crippen LogP contribution in [0.4, 0.5) is 5.82 Å². The number of carbonyl (C=O) groups is 1. The summed E-state index contributed by atoms with van der Waals surface area (Å²) < 4.78 is 7.57. The van der Waals surface area contributed by atoms with Crippen LogP contribution >= 0.6 is 24.0 Å². The number of thioether (sulfide) groups is 1. The molecule has 140 valence electrons. The zero-order valence-corrected chi connectivity index (χ0v) is 16.3. The van der Waals surface area contributed by atoms with E-state index in [1.165, 1.54) is 21.1 Å². The molecule has 9 heteroatoms. The van der Waals surface area contributed by atoms with E-state index in [9.17, 15) is 9.59 Å². The fourth-order valence-electron chi connectivity index (χ4n) is 3.06. The average molecular weight is 403 g/mol. The van der Waals surface area contributed by atoms with Crippen molar-refractivity contribution in [2.45, 2.75) is 18.9 Å². The van der Waals surface area contributed by atoms with Crippen molar-refractivity contribution in [1.82, 2.24) is 14.3 Å². The molecule has 4 rings (SSSR count). The lowest BCUT2D eigenvalue weighted by Gasteiger charge is -2.14. The van der Waals surface area contributed by atoms with Crippen LogP contribution in [0.5, 0.6) is 0 Å². The van der Waals surface area contributed by atoms with Gasteiger partial charge in [-0.2, -0.15) is 0 Å². The van der Waals surface area contributed by atoms with Crippen molar-refractivity contribution >= 4 is 51.7 Å². The van der Waals surface area contributed by atoms with Crippen LogP contribution in [0.3, 0.4) is 0 Å². The number of thiocarbonyl (C=S) groups is 1. The van der Waals surface area contributed by atoms with Crippen molar-refractivity contribution in [2.75, 3.05) is 25.5 Å². The lowest BCUT2D eigenvalue weighted by Crippen LogP contribution is -2.25. The highest BCUT2D eigenvalue weighted by atomic mass is 32.2. The second-order valence-corrected chi connectivity index (χ2v) is 8.04. The summed E-state index contributed by atoms with van der Waals surface area (Å²) in [5.74, 6) is 0.232. The lowest BCUT2D eigenvalue weighted by molar-refractivity contribution is -0.121. The zero-order valence-electron chi connectivity index (χ0n) is 14.7. The molecule has 2 fully saturated rings. The number of amides is 1. The molecule has 1 N–H and O–H groups in total. The van der Waals surface area contributed by atoms with Crippen molar-refractivity contribution in [3.8, 4) is 0 Å². The van der Waals surface area contributed by atoms with E-state index in [0.29, 0.717) is 32.8 Å². The number of nitrogens with zero attached hydrogens (tertiary/aromatic N) is 3. The van der Waals surface area contributed by atoms with Crippen molar-refractivity contribution in [2.24, 2.45) is 0 Å². The van der Waals surface area contributed by atoms with Gasteiger partial charge in [-0.15, -0.1) is 0 Å². The number of rotatable bonds is 4. The van der Waals surface area contributed by atoms with E-state index in [0.717, 1.165) is 19.4 Å². The predicted molar refractivity (Wildman–Crippen MR) is 110 cm³/mol. The molecule has 4 heterocycles. The Kier molecular flexibility index (Phi) is 4.98. The minimum atomic E-state index is -0.239. The molecule has 0 bridgehead atoms. The maximum atomic E-state index is 13.0. The topological polar surface area (TPSA) is 75.9 Å². The fourth-order valence-corrected chi connectivity index (χ4v) is 4.22. The van der Waals surface area contributed by atoms with Gasteiger partial charge in [0.1, 0.15) is 15.8 Å². The second-order valence-electron chi connectivity index (χ2n) is 6.36. The van der Waals surface area contributed by atoms with E-state index in [1.54, 1.807) is 31.5 Å². The Bertz CT molecular complexity index is 1010. The van der Waals surface area contributed by atoms with E-state index in [-0.39, 0.29) is 17.6 Å². The Balaban J connectivity index is 1.77. The van der Waals surface area contributed by atoms with E-state index in [4.69, 9.17) is 17.0 Å². The predicted octanol–water partition coefficient (Wildman–Crippen LogP) is 2.12. The van der Waals surface area contributed by atoms with Gasteiger partial charge in [-0.25, -0.2) is 4.98 Å². The number of carbonyl (C=O) groups excluding carboxylic acids is 1. The first-order valence-electron chi connectivity index (χ1n) is 8.63. The molecule has 2 aliphatic heterocycles. The molecule has 0 aromatic carbocycles. The summed E-state index contributed by atoms with van der Waals surface area (Å²) in [5, 5.41) is 3.24. The molecular formula is C18H18N4O3S2. The molecule has 2 aliphatic rings.